The quantitative estimate of drug-likeness (QED) is 0.810. The van der Waals surface area contributed by atoms with E-state index in [4.69, 9.17) is 5.73 Å². The van der Waals surface area contributed by atoms with E-state index in [2.05, 4.69) is 10.1 Å². The van der Waals surface area contributed by atoms with E-state index < -0.39 is 23.2 Å². The molecule has 20 heavy (non-hydrogen) atoms. The molecule has 110 valence electrons. The number of methoxy groups -OCH3 is 1. The first kappa shape index (κ1) is 16.1. The first-order chi connectivity index (χ1) is 9.31. The summed E-state index contributed by atoms with van der Waals surface area (Å²) < 4.78 is 18.2. The summed E-state index contributed by atoms with van der Waals surface area (Å²) in [6.45, 7) is 3.48. The predicted octanol–water partition coefficient (Wildman–Crippen LogP) is 2.07. The van der Waals surface area contributed by atoms with Crippen LogP contribution >= 0.6 is 0 Å². The zero-order chi connectivity index (χ0) is 15.3. The van der Waals surface area contributed by atoms with Crippen molar-refractivity contribution in [2.45, 2.75) is 32.2 Å². The van der Waals surface area contributed by atoms with Gasteiger partial charge in [-0.05, 0) is 31.5 Å². The molecule has 1 atom stereocenters. The van der Waals surface area contributed by atoms with Crippen LogP contribution in [0.1, 0.15) is 37.0 Å². The van der Waals surface area contributed by atoms with Crippen molar-refractivity contribution in [3.8, 4) is 0 Å². The number of rotatable bonds is 5. The summed E-state index contributed by atoms with van der Waals surface area (Å²) in [6, 6.07) is 3.60. The number of halogens is 1. The monoisotopic (exact) mass is 282 g/mol. The van der Waals surface area contributed by atoms with Crippen molar-refractivity contribution >= 4 is 17.6 Å². The zero-order valence-electron chi connectivity index (χ0n) is 11.8. The summed E-state index contributed by atoms with van der Waals surface area (Å²) in [5.41, 5.74) is 4.83. The van der Waals surface area contributed by atoms with Crippen LogP contribution in [-0.2, 0) is 9.53 Å². The standard InChI is InChI=1S/C14H19FN2O3/c1-4-7-14(2,16)13(19)17-11-8-9(12(18)20-3)5-6-10(11)15/h5-6,8H,4,7,16H2,1-3H3,(H,17,19). The number of amides is 1. The third-order valence-electron chi connectivity index (χ3n) is 2.92. The Balaban J connectivity index is 2.97. The molecule has 1 rings (SSSR count). The molecule has 1 aromatic rings. The van der Waals surface area contributed by atoms with Gasteiger partial charge in [0.1, 0.15) is 5.82 Å². The molecule has 1 aromatic carbocycles. The van der Waals surface area contributed by atoms with Crippen LogP contribution in [0, 0.1) is 5.82 Å². The van der Waals surface area contributed by atoms with E-state index in [0.29, 0.717) is 6.42 Å². The number of nitrogens with two attached hydrogens (primary N) is 1. The van der Waals surface area contributed by atoms with Crippen LogP contribution in [0.15, 0.2) is 18.2 Å². The Morgan fingerprint density at radius 1 is 1.45 bits per heavy atom. The van der Waals surface area contributed by atoms with Crippen molar-refractivity contribution in [2.75, 3.05) is 12.4 Å². The highest BCUT2D eigenvalue weighted by molar-refractivity contribution is 5.99. The van der Waals surface area contributed by atoms with Gasteiger partial charge in [0.25, 0.3) is 0 Å². The van der Waals surface area contributed by atoms with E-state index in [0.717, 1.165) is 12.5 Å². The van der Waals surface area contributed by atoms with E-state index in [1.807, 2.05) is 6.92 Å². The summed E-state index contributed by atoms with van der Waals surface area (Å²) >= 11 is 0. The third-order valence-corrected chi connectivity index (χ3v) is 2.92. The minimum Gasteiger partial charge on any atom is -0.465 e. The van der Waals surface area contributed by atoms with Crippen LogP contribution in [0.2, 0.25) is 0 Å². The maximum atomic E-state index is 13.7. The maximum absolute atomic E-state index is 13.7. The number of hydrogen-bond donors (Lipinski definition) is 2. The zero-order valence-corrected chi connectivity index (χ0v) is 11.8. The summed E-state index contributed by atoms with van der Waals surface area (Å²) in [4.78, 5) is 23.4. The highest BCUT2D eigenvalue weighted by atomic mass is 19.1. The van der Waals surface area contributed by atoms with Crippen molar-refractivity contribution in [3.63, 3.8) is 0 Å². The van der Waals surface area contributed by atoms with Gasteiger partial charge in [0.05, 0.1) is 23.9 Å². The molecule has 0 aromatic heterocycles. The van der Waals surface area contributed by atoms with E-state index in [9.17, 15) is 14.0 Å². The smallest absolute Gasteiger partial charge is 0.337 e. The molecule has 1 amide bonds. The second-order valence-corrected chi connectivity index (χ2v) is 4.81. The van der Waals surface area contributed by atoms with Crippen LogP contribution in [0.4, 0.5) is 10.1 Å². The van der Waals surface area contributed by atoms with Gasteiger partial charge in [-0.3, -0.25) is 4.79 Å². The van der Waals surface area contributed by atoms with E-state index >= 15 is 0 Å². The normalized spacial score (nSPS) is 13.4. The molecule has 0 saturated carbocycles. The van der Waals surface area contributed by atoms with Crippen molar-refractivity contribution in [2.24, 2.45) is 5.73 Å². The Morgan fingerprint density at radius 2 is 2.10 bits per heavy atom. The van der Waals surface area contributed by atoms with Gasteiger partial charge in [-0.1, -0.05) is 13.3 Å². The Kier molecular flexibility index (Phi) is 5.21. The largest absolute Gasteiger partial charge is 0.465 e. The molecule has 6 heteroatoms. The molecule has 3 N–H and O–H groups in total. The number of ether oxygens (including phenoxy) is 1. The molecule has 0 heterocycles. The fraction of sp³-hybridized carbons (Fsp3) is 0.429. The number of benzene rings is 1. The molecule has 1 unspecified atom stereocenters. The molecule has 0 bridgehead atoms. The lowest BCUT2D eigenvalue weighted by atomic mass is 9.96. The van der Waals surface area contributed by atoms with Gasteiger partial charge in [-0.25, -0.2) is 9.18 Å². The summed E-state index contributed by atoms with van der Waals surface area (Å²) in [5.74, 6) is -1.75. The topological polar surface area (TPSA) is 81.4 Å². The number of carbonyl (C=O) groups is 2. The molecule has 0 aliphatic heterocycles. The maximum Gasteiger partial charge on any atom is 0.337 e. The van der Waals surface area contributed by atoms with Gasteiger partial charge in [-0.2, -0.15) is 0 Å². The van der Waals surface area contributed by atoms with Crippen LogP contribution < -0.4 is 11.1 Å². The number of anilines is 1. The Labute approximate surface area is 117 Å². The average molecular weight is 282 g/mol. The fourth-order valence-corrected chi connectivity index (χ4v) is 1.76. The van der Waals surface area contributed by atoms with Crippen LogP contribution in [-0.4, -0.2) is 24.5 Å². The van der Waals surface area contributed by atoms with Gasteiger partial charge in [0.2, 0.25) is 5.91 Å². The molecule has 0 spiro atoms. The van der Waals surface area contributed by atoms with Crippen molar-refractivity contribution in [3.05, 3.63) is 29.6 Å². The molecule has 0 aliphatic rings. The van der Waals surface area contributed by atoms with Crippen LogP contribution in [0.5, 0.6) is 0 Å². The van der Waals surface area contributed by atoms with Gasteiger partial charge < -0.3 is 15.8 Å². The van der Waals surface area contributed by atoms with Crippen molar-refractivity contribution < 1.29 is 18.7 Å². The summed E-state index contributed by atoms with van der Waals surface area (Å²) in [7, 11) is 1.22. The number of esters is 1. The van der Waals surface area contributed by atoms with Gasteiger partial charge in [-0.15, -0.1) is 0 Å². The van der Waals surface area contributed by atoms with Crippen molar-refractivity contribution in [1.82, 2.24) is 0 Å². The lowest BCUT2D eigenvalue weighted by Gasteiger charge is -2.23. The van der Waals surface area contributed by atoms with E-state index in [1.54, 1.807) is 6.92 Å². The van der Waals surface area contributed by atoms with Gasteiger partial charge >= 0.3 is 5.97 Å². The highest BCUT2D eigenvalue weighted by Gasteiger charge is 2.28. The van der Waals surface area contributed by atoms with Gasteiger partial charge in [0.15, 0.2) is 0 Å². The molecular formula is C14H19FN2O3. The van der Waals surface area contributed by atoms with E-state index in [1.165, 1.54) is 19.2 Å². The fourth-order valence-electron chi connectivity index (χ4n) is 1.76. The summed E-state index contributed by atoms with van der Waals surface area (Å²) in [5, 5.41) is 2.41. The lowest BCUT2D eigenvalue weighted by Crippen LogP contribution is -2.48. The molecule has 5 nitrogen and oxygen atoms in total. The van der Waals surface area contributed by atoms with Crippen molar-refractivity contribution in [1.29, 1.82) is 0 Å². The predicted molar refractivity (Wildman–Crippen MR) is 73.9 cm³/mol. The molecule has 0 saturated heterocycles. The number of carbonyl (C=O) groups excluding carboxylic acids is 2. The average Bonchev–Trinajstić information content (AvgIpc) is 2.40. The highest BCUT2D eigenvalue weighted by Crippen LogP contribution is 2.19. The first-order valence-corrected chi connectivity index (χ1v) is 6.30. The van der Waals surface area contributed by atoms with Crippen LogP contribution in [0.25, 0.3) is 0 Å². The van der Waals surface area contributed by atoms with Crippen LogP contribution in [0.3, 0.4) is 0 Å². The molecule has 0 aliphatic carbocycles. The lowest BCUT2D eigenvalue weighted by molar-refractivity contribution is -0.120. The Morgan fingerprint density at radius 3 is 2.65 bits per heavy atom. The SMILES string of the molecule is CCCC(C)(N)C(=O)Nc1cc(C(=O)OC)ccc1F. The first-order valence-electron chi connectivity index (χ1n) is 6.30. The third kappa shape index (κ3) is 3.77. The number of nitrogens with one attached hydrogen (secondary N) is 1. The molecule has 0 radical (unpaired) electrons. The second kappa shape index (κ2) is 6.47. The summed E-state index contributed by atoms with van der Waals surface area (Å²) in [6.07, 6.45) is 1.20. The second-order valence-electron chi connectivity index (χ2n) is 4.81. The van der Waals surface area contributed by atoms with Gasteiger partial charge in [0, 0.05) is 0 Å². The minimum absolute atomic E-state index is 0.0920. The Bertz CT molecular complexity index is 515. The molecule has 0 fully saturated rings. The Hall–Kier alpha value is -1.95. The minimum atomic E-state index is -1.09. The number of hydrogen-bond acceptors (Lipinski definition) is 4. The molecular weight excluding hydrogens is 263 g/mol. The van der Waals surface area contributed by atoms with E-state index in [-0.39, 0.29) is 11.3 Å².